The topological polar surface area (TPSA) is 38.5 Å². The largest absolute Gasteiger partial charge is 0.381 e. The molecule has 1 aliphatic rings. The molecule has 1 aliphatic heterocycles. The lowest BCUT2D eigenvalue weighted by Crippen LogP contribution is -2.54. The molecule has 1 fully saturated rings. The zero-order chi connectivity index (χ0) is 12.9. The van der Waals surface area contributed by atoms with E-state index in [1.807, 2.05) is 0 Å². The Hall–Kier alpha value is -0.120. The molecule has 0 saturated carbocycles. The third-order valence-electron chi connectivity index (χ3n) is 3.27. The SMILES string of the molecule is CC(C)CN(CC(C)C)CC1(N)CCOCC1. The fourth-order valence-corrected chi connectivity index (χ4v) is 2.62. The van der Waals surface area contributed by atoms with Crippen LogP contribution in [0.4, 0.5) is 0 Å². The second-order valence-corrected chi connectivity index (χ2v) is 6.46. The number of ether oxygens (including phenoxy) is 1. The molecular weight excluding hydrogens is 212 g/mol. The fraction of sp³-hybridized carbons (Fsp3) is 1.00. The number of hydrogen-bond donors (Lipinski definition) is 1. The molecule has 1 saturated heterocycles. The van der Waals surface area contributed by atoms with Crippen LogP contribution in [-0.2, 0) is 4.74 Å². The lowest BCUT2D eigenvalue weighted by Gasteiger charge is -2.39. The van der Waals surface area contributed by atoms with Crippen LogP contribution in [0.3, 0.4) is 0 Å². The van der Waals surface area contributed by atoms with Crippen molar-refractivity contribution < 1.29 is 4.74 Å². The molecule has 0 aliphatic carbocycles. The summed E-state index contributed by atoms with van der Waals surface area (Å²) in [6, 6.07) is 0. The van der Waals surface area contributed by atoms with Crippen molar-refractivity contribution in [1.82, 2.24) is 4.90 Å². The Morgan fingerprint density at radius 1 is 1.06 bits per heavy atom. The van der Waals surface area contributed by atoms with Crippen molar-refractivity contribution in [2.75, 3.05) is 32.8 Å². The maximum atomic E-state index is 6.49. The van der Waals surface area contributed by atoms with E-state index >= 15 is 0 Å². The van der Waals surface area contributed by atoms with Gasteiger partial charge in [-0.15, -0.1) is 0 Å². The average molecular weight is 242 g/mol. The second-order valence-electron chi connectivity index (χ2n) is 6.46. The summed E-state index contributed by atoms with van der Waals surface area (Å²) < 4.78 is 5.41. The Morgan fingerprint density at radius 3 is 1.94 bits per heavy atom. The summed E-state index contributed by atoms with van der Waals surface area (Å²) in [4.78, 5) is 2.54. The lowest BCUT2D eigenvalue weighted by atomic mass is 9.90. The van der Waals surface area contributed by atoms with Crippen LogP contribution in [0.5, 0.6) is 0 Å². The molecule has 3 nitrogen and oxygen atoms in total. The van der Waals surface area contributed by atoms with Gasteiger partial charge in [-0.3, -0.25) is 0 Å². The van der Waals surface area contributed by atoms with Crippen molar-refractivity contribution in [3.63, 3.8) is 0 Å². The minimum Gasteiger partial charge on any atom is -0.381 e. The molecule has 2 N–H and O–H groups in total. The third-order valence-corrected chi connectivity index (χ3v) is 3.27. The van der Waals surface area contributed by atoms with Crippen LogP contribution in [0.25, 0.3) is 0 Å². The summed E-state index contributed by atoms with van der Waals surface area (Å²) in [5, 5.41) is 0. The van der Waals surface area contributed by atoms with Crippen molar-refractivity contribution in [2.45, 2.75) is 46.1 Å². The normalized spacial score (nSPS) is 20.5. The Labute approximate surface area is 107 Å². The van der Waals surface area contributed by atoms with Gasteiger partial charge in [0.1, 0.15) is 0 Å². The van der Waals surface area contributed by atoms with Crippen molar-refractivity contribution in [3.8, 4) is 0 Å². The number of nitrogens with zero attached hydrogens (tertiary/aromatic N) is 1. The van der Waals surface area contributed by atoms with Gasteiger partial charge in [0.25, 0.3) is 0 Å². The fourth-order valence-electron chi connectivity index (χ4n) is 2.62. The summed E-state index contributed by atoms with van der Waals surface area (Å²) in [6.45, 7) is 14.1. The van der Waals surface area contributed by atoms with Gasteiger partial charge in [0.2, 0.25) is 0 Å². The highest BCUT2D eigenvalue weighted by molar-refractivity contribution is 4.90. The quantitative estimate of drug-likeness (QED) is 0.775. The second kappa shape index (κ2) is 6.72. The maximum Gasteiger partial charge on any atom is 0.0484 e. The summed E-state index contributed by atoms with van der Waals surface area (Å²) in [5.41, 5.74) is 6.46. The van der Waals surface area contributed by atoms with Crippen LogP contribution in [0.1, 0.15) is 40.5 Å². The first-order chi connectivity index (χ1) is 7.91. The molecule has 1 heterocycles. The molecule has 0 unspecified atom stereocenters. The van der Waals surface area contributed by atoms with E-state index < -0.39 is 0 Å². The smallest absolute Gasteiger partial charge is 0.0484 e. The molecule has 0 amide bonds. The van der Waals surface area contributed by atoms with Gasteiger partial charge in [0.05, 0.1) is 0 Å². The predicted molar refractivity (Wildman–Crippen MR) is 73.1 cm³/mol. The monoisotopic (exact) mass is 242 g/mol. The molecule has 0 aromatic carbocycles. The van der Waals surface area contributed by atoms with E-state index in [0.717, 1.165) is 45.7 Å². The van der Waals surface area contributed by atoms with E-state index in [1.54, 1.807) is 0 Å². The maximum absolute atomic E-state index is 6.49. The lowest BCUT2D eigenvalue weighted by molar-refractivity contribution is 0.0342. The highest BCUT2D eigenvalue weighted by Crippen LogP contribution is 2.20. The number of hydrogen-bond acceptors (Lipinski definition) is 3. The predicted octanol–water partition coefficient (Wildman–Crippen LogP) is 2.11. The molecule has 0 spiro atoms. The summed E-state index contributed by atoms with van der Waals surface area (Å²) in [5.74, 6) is 1.41. The van der Waals surface area contributed by atoms with Crippen LogP contribution < -0.4 is 5.73 Å². The van der Waals surface area contributed by atoms with Crippen molar-refractivity contribution >= 4 is 0 Å². The minimum atomic E-state index is -0.0258. The zero-order valence-corrected chi connectivity index (χ0v) is 12.0. The van der Waals surface area contributed by atoms with E-state index in [0.29, 0.717) is 11.8 Å². The molecule has 0 radical (unpaired) electrons. The van der Waals surface area contributed by atoms with Gasteiger partial charge in [-0.1, -0.05) is 27.7 Å². The van der Waals surface area contributed by atoms with E-state index in [-0.39, 0.29) is 5.54 Å². The van der Waals surface area contributed by atoms with Gasteiger partial charge >= 0.3 is 0 Å². The Kier molecular flexibility index (Phi) is 5.90. The van der Waals surface area contributed by atoms with Gasteiger partial charge in [-0.25, -0.2) is 0 Å². The van der Waals surface area contributed by atoms with Gasteiger partial charge in [0, 0.05) is 38.4 Å². The Morgan fingerprint density at radius 2 is 1.53 bits per heavy atom. The van der Waals surface area contributed by atoms with Crippen LogP contribution in [0.15, 0.2) is 0 Å². The first-order valence-corrected chi connectivity index (χ1v) is 7.00. The molecule has 102 valence electrons. The third kappa shape index (κ3) is 5.84. The van der Waals surface area contributed by atoms with Gasteiger partial charge in [0.15, 0.2) is 0 Å². The Balaban J connectivity index is 2.50. The van der Waals surface area contributed by atoms with Gasteiger partial charge in [-0.2, -0.15) is 0 Å². The van der Waals surface area contributed by atoms with Crippen LogP contribution >= 0.6 is 0 Å². The highest BCUT2D eigenvalue weighted by Gasteiger charge is 2.30. The molecule has 0 aromatic heterocycles. The summed E-state index contributed by atoms with van der Waals surface area (Å²) >= 11 is 0. The van der Waals surface area contributed by atoms with Crippen LogP contribution in [-0.4, -0.2) is 43.3 Å². The number of rotatable bonds is 6. The molecular formula is C14H30N2O. The van der Waals surface area contributed by atoms with Gasteiger partial charge in [-0.05, 0) is 24.7 Å². The first-order valence-electron chi connectivity index (χ1n) is 7.00. The van der Waals surface area contributed by atoms with E-state index in [9.17, 15) is 0 Å². The summed E-state index contributed by atoms with van der Waals surface area (Å²) in [6.07, 6.45) is 2.00. The Bertz CT molecular complexity index is 200. The molecule has 0 bridgehead atoms. The van der Waals surface area contributed by atoms with Crippen molar-refractivity contribution in [2.24, 2.45) is 17.6 Å². The molecule has 17 heavy (non-hydrogen) atoms. The molecule has 1 rings (SSSR count). The van der Waals surface area contributed by atoms with Crippen molar-refractivity contribution in [3.05, 3.63) is 0 Å². The van der Waals surface area contributed by atoms with Gasteiger partial charge < -0.3 is 15.4 Å². The highest BCUT2D eigenvalue weighted by atomic mass is 16.5. The van der Waals surface area contributed by atoms with E-state index in [4.69, 9.17) is 10.5 Å². The molecule has 0 aromatic rings. The standard InChI is InChI=1S/C14H30N2O/c1-12(2)9-16(10-13(3)4)11-14(15)5-7-17-8-6-14/h12-13H,5-11,15H2,1-4H3. The van der Waals surface area contributed by atoms with Crippen molar-refractivity contribution in [1.29, 1.82) is 0 Å². The zero-order valence-electron chi connectivity index (χ0n) is 12.0. The summed E-state index contributed by atoms with van der Waals surface area (Å²) in [7, 11) is 0. The molecule has 0 atom stereocenters. The first kappa shape index (κ1) is 14.9. The van der Waals surface area contributed by atoms with Crippen LogP contribution in [0.2, 0.25) is 0 Å². The van der Waals surface area contributed by atoms with E-state index in [1.165, 1.54) is 0 Å². The number of nitrogens with two attached hydrogens (primary N) is 1. The average Bonchev–Trinajstić information content (AvgIpc) is 2.15. The minimum absolute atomic E-state index is 0.0258. The van der Waals surface area contributed by atoms with E-state index in [2.05, 4.69) is 32.6 Å². The van der Waals surface area contributed by atoms with Crippen LogP contribution in [0, 0.1) is 11.8 Å². The molecule has 3 heteroatoms.